The van der Waals surface area contributed by atoms with E-state index in [2.05, 4.69) is 4.98 Å². The van der Waals surface area contributed by atoms with Crippen molar-refractivity contribution in [1.82, 2.24) is 19.4 Å². The van der Waals surface area contributed by atoms with Crippen molar-refractivity contribution >= 4 is 15.7 Å². The Hall–Kier alpha value is -1.94. The molecule has 2 saturated heterocycles. The number of likely N-dealkylation sites (N-methyl/N-ethyl adjacent to an activating group) is 1. The van der Waals surface area contributed by atoms with Gasteiger partial charge < -0.3 is 9.47 Å². The third kappa shape index (κ3) is 3.29. The van der Waals surface area contributed by atoms with Crippen LogP contribution in [-0.4, -0.2) is 77.4 Å². The number of aromatic amines is 1. The molecule has 1 amide bonds. The van der Waals surface area contributed by atoms with Crippen molar-refractivity contribution in [1.29, 1.82) is 0 Å². The lowest BCUT2D eigenvalue weighted by Gasteiger charge is -2.42. The number of fused-ring (bicyclic) bond motifs is 1. The van der Waals surface area contributed by atoms with Crippen LogP contribution in [0.4, 0.5) is 0 Å². The predicted octanol–water partition coefficient (Wildman–Crippen LogP) is -2.13. The molecule has 9 nitrogen and oxygen atoms in total. The van der Waals surface area contributed by atoms with Gasteiger partial charge in [0.25, 0.3) is 5.56 Å². The molecule has 3 heterocycles. The van der Waals surface area contributed by atoms with Crippen molar-refractivity contribution in [3.05, 3.63) is 33.1 Å². The summed E-state index contributed by atoms with van der Waals surface area (Å²) in [5.41, 5.74) is -1.05. The standard InChI is InChI=1S/C14H20N4O5S/c1-16-6-7-18(11-9-24(22,23)8-10(11)16)13(20)3-5-17-4-2-12(19)15-14(17)21/h2,4,10-11H,3,5-9H2,1H3,(H,15,19,21)/t10-,11+/m0/s1. The molecule has 0 aromatic carbocycles. The van der Waals surface area contributed by atoms with E-state index in [9.17, 15) is 22.8 Å². The van der Waals surface area contributed by atoms with Crippen molar-refractivity contribution in [2.45, 2.75) is 25.0 Å². The minimum Gasteiger partial charge on any atom is -0.336 e. The first-order valence-corrected chi connectivity index (χ1v) is 9.59. The third-order valence-corrected chi connectivity index (χ3v) is 6.44. The molecule has 0 radical (unpaired) electrons. The molecular weight excluding hydrogens is 336 g/mol. The van der Waals surface area contributed by atoms with Crippen molar-refractivity contribution in [3.63, 3.8) is 0 Å². The first kappa shape index (κ1) is 16.9. The highest BCUT2D eigenvalue weighted by molar-refractivity contribution is 7.91. The van der Waals surface area contributed by atoms with E-state index in [0.29, 0.717) is 13.1 Å². The van der Waals surface area contributed by atoms with E-state index in [1.54, 1.807) is 4.90 Å². The predicted molar refractivity (Wildman–Crippen MR) is 86.5 cm³/mol. The second-order valence-electron chi connectivity index (χ2n) is 6.33. The number of aryl methyl sites for hydroxylation is 1. The Bertz CT molecular complexity index is 858. The Morgan fingerprint density at radius 3 is 2.67 bits per heavy atom. The zero-order valence-corrected chi connectivity index (χ0v) is 14.2. The number of nitrogens with zero attached hydrogens (tertiary/aromatic N) is 3. The Balaban J connectivity index is 1.70. The summed E-state index contributed by atoms with van der Waals surface area (Å²) in [5.74, 6) is -0.0998. The number of aromatic nitrogens is 2. The summed E-state index contributed by atoms with van der Waals surface area (Å²) in [5, 5.41) is 0. The van der Waals surface area contributed by atoms with Gasteiger partial charge in [-0.05, 0) is 7.05 Å². The maximum Gasteiger partial charge on any atom is 0.328 e. The quantitative estimate of drug-likeness (QED) is 0.662. The third-order valence-electron chi connectivity index (χ3n) is 4.74. The van der Waals surface area contributed by atoms with Gasteiger partial charge in [0, 0.05) is 44.4 Å². The number of hydrogen-bond donors (Lipinski definition) is 1. The van der Waals surface area contributed by atoms with Crippen LogP contribution >= 0.6 is 0 Å². The van der Waals surface area contributed by atoms with Crippen LogP contribution in [0.5, 0.6) is 0 Å². The molecule has 0 unspecified atom stereocenters. The Kier molecular flexibility index (Phi) is 4.35. The normalized spacial score (nSPS) is 26.3. The van der Waals surface area contributed by atoms with Crippen LogP contribution in [0.3, 0.4) is 0 Å². The first-order valence-electron chi connectivity index (χ1n) is 7.77. The molecule has 1 aromatic heterocycles. The molecule has 2 atom stereocenters. The number of amides is 1. The monoisotopic (exact) mass is 356 g/mol. The molecule has 24 heavy (non-hydrogen) atoms. The van der Waals surface area contributed by atoms with Gasteiger partial charge in [-0.1, -0.05) is 0 Å². The van der Waals surface area contributed by atoms with Gasteiger partial charge in [0.1, 0.15) is 0 Å². The molecule has 2 aliphatic rings. The summed E-state index contributed by atoms with van der Waals surface area (Å²) in [6.07, 6.45) is 1.43. The van der Waals surface area contributed by atoms with Crippen LogP contribution in [0.1, 0.15) is 6.42 Å². The van der Waals surface area contributed by atoms with Gasteiger partial charge in [0.15, 0.2) is 9.84 Å². The number of carbonyl (C=O) groups excluding carboxylic acids is 1. The fraction of sp³-hybridized carbons (Fsp3) is 0.643. The number of H-pyrrole nitrogens is 1. The molecule has 0 spiro atoms. The first-order chi connectivity index (χ1) is 11.3. The number of hydrogen-bond acceptors (Lipinski definition) is 6. The number of sulfone groups is 1. The highest BCUT2D eigenvalue weighted by Gasteiger charge is 2.46. The minimum absolute atomic E-state index is 0.00759. The number of nitrogens with one attached hydrogen (secondary N) is 1. The van der Waals surface area contributed by atoms with Crippen LogP contribution in [0, 0.1) is 0 Å². The Morgan fingerprint density at radius 1 is 1.25 bits per heavy atom. The zero-order chi connectivity index (χ0) is 17.5. The lowest BCUT2D eigenvalue weighted by molar-refractivity contribution is -0.136. The Labute approximate surface area is 138 Å². The van der Waals surface area contributed by atoms with Crippen LogP contribution in [0.25, 0.3) is 0 Å². The molecule has 0 saturated carbocycles. The summed E-state index contributed by atoms with van der Waals surface area (Å²) in [6, 6.07) is 0.735. The van der Waals surface area contributed by atoms with Crippen molar-refractivity contribution < 1.29 is 13.2 Å². The molecule has 1 aromatic rings. The van der Waals surface area contributed by atoms with Crippen LogP contribution < -0.4 is 11.2 Å². The van der Waals surface area contributed by atoms with Crippen molar-refractivity contribution in [2.24, 2.45) is 0 Å². The lowest BCUT2D eigenvalue weighted by atomic mass is 10.1. The smallest absolute Gasteiger partial charge is 0.328 e. The van der Waals surface area contributed by atoms with E-state index in [1.165, 1.54) is 16.8 Å². The van der Waals surface area contributed by atoms with Crippen LogP contribution in [0.2, 0.25) is 0 Å². The molecule has 2 aliphatic heterocycles. The summed E-state index contributed by atoms with van der Waals surface area (Å²) < 4.78 is 25.1. The molecule has 2 fully saturated rings. The SMILES string of the molecule is CN1CCN(C(=O)CCn2ccc(=O)[nH]c2=O)[C@@H]2CS(=O)(=O)C[C@@H]21. The molecular formula is C14H20N4O5S. The zero-order valence-electron chi connectivity index (χ0n) is 13.3. The van der Waals surface area contributed by atoms with Crippen molar-refractivity contribution in [2.75, 3.05) is 31.6 Å². The van der Waals surface area contributed by atoms with E-state index in [4.69, 9.17) is 0 Å². The molecule has 3 rings (SSSR count). The van der Waals surface area contributed by atoms with E-state index in [0.717, 1.165) is 0 Å². The van der Waals surface area contributed by atoms with Gasteiger partial charge in [-0.3, -0.25) is 19.5 Å². The minimum atomic E-state index is -3.14. The van der Waals surface area contributed by atoms with E-state index >= 15 is 0 Å². The maximum absolute atomic E-state index is 12.5. The second kappa shape index (κ2) is 6.17. The molecule has 0 bridgehead atoms. The van der Waals surface area contributed by atoms with E-state index in [1.807, 2.05) is 11.9 Å². The van der Waals surface area contributed by atoms with Gasteiger partial charge in [-0.2, -0.15) is 0 Å². The molecule has 132 valence electrons. The van der Waals surface area contributed by atoms with Crippen molar-refractivity contribution in [3.8, 4) is 0 Å². The van der Waals surface area contributed by atoms with E-state index in [-0.39, 0.29) is 42.5 Å². The molecule has 10 heteroatoms. The van der Waals surface area contributed by atoms with Gasteiger partial charge in [-0.15, -0.1) is 0 Å². The highest BCUT2D eigenvalue weighted by atomic mass is 32.2. The summed E-state index contributed by atoms with van der Waals surface area (Å²) in [7, 11) is -1.26. The van der Waals surface area contributed by atoms with Gasteiger partial charge >= 0.3 is 5.69 Å². The van der Waals surface area contributed by atoms with Crippen LogP contribution in [0.15, 0.2) is 21.9 Å². The maximum atomic E-state index is 12.5. The van der Waals surface area contributed by atoms with Crippen LogP contribution in [-0.2, 0) is 21.2 Å². The number of carbonyl (C=O) groups is 1. The topological polar surface area (TPSA) is 113 Å². The van der Waals surface area contributed by atoms with Gasteiger partial charge in [-0.25, -0.2) is 13.2 Å². The molecule has 1 N–H and O–H groups in total. The second-order valence-corrected chi connectivity index (χ2v) is 8.49. The summed E-state index contributed by atoms with van der Waals surface area (Å²) in [4.78, 5) is 41.0. The fourth-order valence-corrected chi connectivity index (χ4v) is 5.47. The summed E-state index contributed by atoms with van der Waals surface area (Å²) in [6.45, 7) is 1.25. The Morgan fingerprint density at radius 2 is 1.96 bits per heavy atom. The van der Waals surface area contributed by atoms with E-state index < -0.39 is 21.1 Å². The highest BCUT2D eigenvalue weighted by Crippen LogP contribution is 2.26. The average Bonchev–Trinajstić information content (AvgIpc) is 2.82. The van der Waals surface area contributed by atoms with Gasteiger partial charge in [0.05, 0.1) is 17.5 Å². The number of rotatable bonds is 3. The average molecular weight is 356 g/mol. The number of piperazine rings is 1. The summed E-state index contributed by atoms with van der Waals surface area (Å²) >= 11 is 0. The largest absolute Gasteiger partial charge is 0.336 e. The molecule has 0 aliphatic carbocycles. The fourth-order valence-electron chi connectivity index (χ4n) is 3.42. The lowest BCUT2D eigenvalue weighted by Crippen LogP contribution is -2.59. The van der Waals surface area contributed by atoms with Gasteiger partial charge in [0.2, 0.25) is 5.91 Å².